The Morgan fingerprint density at radius 2 is 1.73 bits per heavy atom. The summed E-state index contributed by atoms with van der Waals surface area (Å²) in [7, 11) is 0. The maximum absolute atomic E-state index is 13.1. The van der Waals surface area contributed by atoms with Crippen LogP contribution in [0.1, 0.15) is 44.2 Å². The predicted octanol–water partition coefficient (Wildman–Crippen LogP) is 5.83. The van der Waals surface area contributed by atoms with Crippen LogP contribution in [-0.4, -0.2) is 29.2 Å². The maximum atomic E-state index is 13.1. The number of thiazole rings is 1. The van der Waals surface area contributed by atoms with Gasteiger partial charge in [-0.25, -0.2) is 9.38 Å². The summed E-state index contributed by atoms with van der Waals surface area (Å²) < 4.78 is 19.9. The molecule has 0 bridgehead atoms. The van der Waals surface area contributed by atoms with E-state index in [1.165, 1.54) is 16.9 Å². The minimum absolute atomic E-state index is 0.0682. The number of ether oxygens (including phenoxy) is 3. The average molecular weight is 515 g/mol. The first kappa shape index (κ1) is 24.8. The van der Waals surface area contributed by atoms with Crippen LogP contribution in [0.25, 0.3) is 22.1 Å². The van der Waals surface area contributed by atoms with Gasteiger partial charge in [-0.15, -0.1) is 0 Å². The summed E-state index contributed by atoms with van der Waals surface area (Å²) in [5, 5.41) is 0. The van der Waals surface area contributed by atoms with Crippen molar-refractivity contribution in [2.45, 2.75) is 33.1 Å². The van der Waals surface area contributed by atoms with Crippen molar-refractivity contribution in [3.8, 4) is 17.2 Å². The highest BCUT2D eigenvalue weighted by atomic mass is 32.1. The van der Waals surface area contributed by atoms with E-state index in [9.17, 15) is 4.79 Å². The van der Waals surface area contributed by atoms with Gasteiger partial charge in [-0.05, 0) is 72.9 Å². The van der Waals surface area contributed by atoms with Gasteiger partial charge < -0.3 is 14.2 Å². The van der Waals surface area contributed by atoms with E-state index in [-0.39, 0.29) is 5.56 Å². The summed E-state index contributed by atoms with van der Waals surface area (Å²) in [4.78, 5) is 18.4. The first-order valence-corrected chi connectivity index (χ1v) is 13.4. The number of nitrogens with zero attached hydrogens (tertiary/aromatic N) is 2. The van der Waals surface area contributed by atoms with E-state index < -0.39 is 0 Å². The Bertz CT molecular complexity index is 1620. The van der Waals surface area contributed by atoms with Gasteiger partial charge in [0, 0.05) is 0 Å². The van der Waals surface area contributed by atoms with Crippen molar-refractivity contribution in [1.29, 1.82) is 0 Å². The van der Waals surface area contributed by atoms with Crippen LogP contribution < -0.4 is 24.3 Å². The lowest BCUT2D eigenvalue weighted by molar-refractivity contribution is 0.208. The normalized spacial score (nSPS) is 12.8. The van der Waals surface area contributed by atoms with Crippen molar-refractivity contribution in [3.05, 3.63) is 92.7 Å². The lowest BCUT2D eigenvalue weighted by Crippen LogP contribution is -2.22. The van der Waals surface area contributed by atoms with Crippen molar-refractivity contribution in [3.63, 3.8) is 0 Å². The van der Waals surface area contributed by atoms with Gasteiger partial charge in [0.05, 0.1) is 22.2 Å². The molecular weight excluding hydrogens is 484 g/mol. The summed E-state index contributed by atoms with van der Waals surface area (Å²) in [5.41, 5.74) is 3.76. The second-order valence-corrected chi connectivity index (χ2v) is 9.86. The predicted molar refractivity (Wildman–Crippen MR) is 149 cm³/mol. The van der Waals surface area contributed by atoms with Crippen LogP contribution in [0.15, 0.2) is 71.5 Å². The van der Waals surface area contributed by atoms with Crippen molar-refractivity contribution < 1.29 is 14.2 Å². The largest absolute Gasteiger partial charge is 0.490 e. The Balaban J connectivity index is 1.29. The molecule has 190 valence electrons. The highest BCUT2D eigenvalue weighted by molar-refractivity contribution is 7.15. The van der Waals surface area contributed by atoms with E-state index in [0.29, 0.717) is 46.7 Å². The molecule has 0 saturated heterocycles. The van der Waals surface area contributed by atoms with Crippen LogP contribution in [0.3, 0.4) is 0 Å². The number of aromatic nitrogens is 2. The Morgan fingerprint density at radius 3 is 2.51 bits per heavy atom. The summed E-state index contributed by atoms with van der Waals surface area (Å²) in [6.45, 7) is 7.66. The minimum atomic E-state index is -0.0682. The zero-order valence-corrected chi connectivity index (χ0v) is 22.1. The van der Waals surface area contributed by atoms with Crippen LogP contribution >= 0.6 is 11.3 Å². The summed E-state index contributed by atoms with van der Waals surface area (Å²) in [6, 6.07) is 21.6. The minimum Gasteiger partial charge on any atom is -0.490 e. The molecule has 0 radical (unpaired) electrons. The average Bonchev–Trinajstić information content (AvgIpc) is 3.43. The lowest BCUT2D eigenvalue weighted by atomic mass is 9.99. The fraction of sp³-hybridized carbons (Fsp3) is 0.267. The van der Waals surface area contributed by atoms with Crippen molar-refractivity contribution in [2.75, 3.05) is 19.8 Å². The third kappa shape index (κ3) is 5.32. The van der Waals surface area contributed by atoms with E-state index in [1.54, 1.807) is 4.40 Å². The number of fused-ring (bicyclic) bond motifs is 3. The van der Waals surface area contributed by atoms with E-state index in [0.717, 1.165) is 28.8 Å². The highest BCUT2D eigenvalue weighted by Crippen LogP contribution is 2.29. The summed E-state index contributed by atoms with van der Waals surface area (Å²) in [5.74, 6) is 2.65. The van der Waals surface area contributed by atoms with E-state index >= 15 is 0 Å². The van der Waals surface area contributed by atoms with E-state index in [4.69, 9.17) is 14.2 Å². The third-order valence-electron chi connectivity index (χ3n) is 6.38. The van der Waals surface area contributed by atoms with Gasteiger partial charge in [0.2, 0.25) is 0 Å². The Hall–Kier alpha value is -3.84. The van der Waals surface area contributed by atoms with Gasteiger partial charge in [0.1, 0.15) is 19.0 Å². The summed E-state index contributed by atoms with van der Waals surface area (Å²) in [6.07, 6.45) is 2.98. The fourth-order valence-corrected chi connectivity index (χ4v) is 5.19. The van der Waals surface area contributed by atoms with Crippen molar-refractivity contribution in [1.82, 2.24) is 9.38 Å². The monoisotopic (exact) mass is 514 g/mol. The fourth-order valence-electron chi connectivity index (χ4n) is 4.20. The van der Waals surface area contributed by atoms with Crippen LogP contribution in [0.4, 0.5) is 0 Å². The first-order chi connectivity index (χ1) is 18.1. The smallest absolute Gasteiger partial charge is 0.274 e. The summed E-state index contributed by atoms with van der Waals surface area (Å²) >= 11 is 1.38. The molecule has 2 aromatic heterocycles. The Labute approximate surface area is 219 Å². The topological polar surface area (TPSA) is 62.1 Å². The zero-order chi connectivity index (χ0) is 25.8. The molecule has 6 nitrogen and oxygen atoms in total. The van der Waals surface area contributed by atoms with Gasteiger partial charge in [0.25, 0.3) is 5.56 Å². The number of para-hydroxylation sites is 2. The lowest BCUT2D eigenvalue weighted by Gasteiger charge is -2.14. The number of benzene rings is 3. The number of imidazole rings is 1. The molecule has 0 saturated carbocycles. The van der Waals surface area contributed by atoms with E-state index in [1.807, 2.05) is 67.6 Å². The molecule has 3 aromatic carbocycles. The number of hydrogen-bond acceptors (Lipinski definition) is 6. The van der Waals surface area contributed by atoms with Gasteiger partial charge >= 0.3 is 0 Å². The number of rotatable bonds is 10. The quantitative estimate of drug-likeness (QED) is 0.220. The standard InChI is InChI=1S/C30H30N2O4S/c1-4-20(3)22-11-13-23(14-12-22)35-16-17-36-26-15-10-21(18-27(26)34-5-2)19-28-29(33)32-25-9-7-6-8-24(25)31-30(32)37-28/h6-15,18-20H,4-5,16-17H2,1-3H3/b28-19+/t20-/m1/s1. The molecule has 5 aromatic rings. The van der Waals surface area contributed by atoms with Gasteiger partial charge in [-0.1, -0.05) is 55.5 Å². The van der Waals surface area contributed by atoms with Crippen LogP contribution in [0, 0.1) is 0 Å². The molecule has 0 unspecified atom stereocenters. The molecule has 2 heterocycles. The van der Waals surface area contributed by atoms with Crippen LogP contribution in [0.5, 0.6) is 17.2 Å². The molecule has 37 heavy (non-hydrogen) atoms. The number of hydrogen-bond donors (Lipinski definition) is 0. The Morgan fingerprint density at radius 1 is 0.946 bits per heavy atom. The second-order valence-electron chi connectivity index (χ2n) is 8.85. The van der Waals surface area contributed by atoms with Crippen molar-refractivity contribution in [2.24, 2.45) is 0 Å². The molecule has 0 N–H and O–H groups in total. The van der Waals surface area contributed by atoms with Gasteiger partial charge in [-0.2, -0.15) is 0 Å². The van der Waals surface area contributed by atoms with Crippen LogP contribution in [0.2, 0.25) is 0 Å². The van der Waals surface area contributed by atoms with E-state index in [2.05, 4.69) is 31.0 Å². The zero-order valence-electron chi connectivity index (χ0n) is 21.3. The van der Waals surface area contributed by atoms with Crippen molar-refractivity contribution >= 4 is 33.4 Å². The first-order valence-electron chi connectivity index (χ1n) is 12.6. The SMILES string of the molecule is CCOc1cc(/C=c2/sc3nc4ccccc4n3c2=O)ccc1OCCOc1ccc([C@H](C)CC)cc1. The van der Waals surface area contributed by atoms with Gasteiger partial charge in [0.15, 0.2) is 16.5 Å². The molecule has 5 rings (SSSR count). The second kappa shape index (κ2) is 11.0. The Kier molecular flexibility index (Phi) is 7.42. The molecule has 0 aliphatic heterocycles. The molecular formula is C30H30N2O4S. The molecule has 0 fully saturated rings. The van der Waals surface area contributed by atoms with Crippen LogP contribution in [-0.2, 0) is 0 Å². The molecule has 0 aliphatic carbocycles. The molecule has 0 amide bonds. The molecule has 0 aliphatic rings. The molecule has 0 spiro atoms. The van der Waals surface area contributed by atoms with Gasteiger partial charge in [-0.3, -0.25) is 4.79 Å². The maximum Gasteiger partial charge on any atom is 0.274 e. The molecule has 7 heteroatoms. The molecule has 1 atom stereocenters. The highest BCUT2D eigenvalue weighted by Gasteiger charge is 2.12. The third-order valence-corrected chi connectivity index (χ3v) is 7.35.